The van der Waals surface area contributed by atoms with Crippen LogP contribution in [0.1, 0.15) is 53.9 Å². The highest BCUT2D eigenvalue weighted by atomic mass is 16.2. The van der Waals surface area contributed by atoms with Crippen LogP contribution in [-0.2, 0) is 4.79 Å². The van der Waals surface area contributed by atoms with E-state index in [9.17, 15) is 4.79 Å². The number of nitrogens with zero attached hydrogens (tertiary/aromatic N) is 1. The van der Waals surface area contributed by atoms with Gasteiger partial charge in [0.05, 0.1) is 0 Å². The molecule has 1 heterocycles. The number of likely N-dealkylation sites (tertiary alicyclic amines) is 1. The minimum Gasteiger partial charge on any atom is -0.339 e. The van der Waals surface area contributed by atoms with Gasteiger partial charge in [0.1, 0.15) is 0 Å². The van der Waals surface area contributed by atoms with Gasteiger partial charge < -0.3 is 10.6 Å². The van der Waals surface area contributed by atoms with Gasteiger partial charge in [0.15, 0.2) is 0 Å². The fraction of sp³-hybridized carbons (Fsp3) is 0.938. The third-order valence-corrected chi connectivity index (χ3v) is 4.52. The quantitative estimate of drug-likeness (QED) is 0.833. The number of hydrogen-bond donors (Lipinski definition) is 1. The largest absolute Gasteiger partial charge is 0.339 e. The molecule has 19 heavy (non-hydrogen) atoms. The first-order chi connectivity index (χ1) is 8.85. The second-order valence-corrected chi connectivity index (χ2v) is 7.04. The van der Waals surface area contributed by atoms with Crippen molar-refractivity contribution in [1.82, 2.24) is 4.90 Å². The fourth-order valence-corrected chi connectivity index (χ4v) is 3.34. The van der Waals surface area contributed by atoms with Crippen LogP contribution in [-0.4, -0.2) is 29.9 Å². The van der Waals surface area contributed by atoms with Crippen LogP contribution in [0.3, 0.4) is 0 Å². The standard InChI is InChI=1S/C16H32N2O/c1-11(2)6-15(9-17)8-16(19)18-10-12(3)7-13(4)14(18)5/h11-15H,6-10,17H2,1-5H3. The Morgan fingerprint density at radius 3 is 2.47 bits per heavy atom. The molecule has 0 aromatic heterocycles. The molecule has 3 nitrogen and oxygen atoms in total. The lowest BCUT2D eigenvalue weighted by molar-refractivity contribution is -0.138. The molecule has 0 radical (unpaired) electrons. The third-order valence-electron chi connectivity index (χ3n) is 4.52. The van der Waals surface area contributed by atoms with Gasteiger partial charge in [-0.15, -0.1) is 0 Å². The molecule has 0 spiro atoms. The maximum Gasteiger partial charge on any atom is 0.223 e. The molecule has 0 aromatic rings. The van der Waals surface area contributed by atoms with Crippen LogP contribution in [0.2, 0.25) is 0 Å². The number of amides is 1. The lowest BCUT2D eigenvalue weighted by Crippen LogP contribution is -2.49. The van der Waals surface area contributed by atoms with Crippen LogP contribution in [0.4, 0.5) is 0 Å². The first kappa shape index (κ1) is 16.5. The Morgan fingerprint density at radius 1 is 1.32 bits per heavy atom. The number of piperidine rings is 1. The van der Waals surface area contributed by atoms with Crippen LogP contribution >= 0.6 is 0 Å². The van der Waals surface area contributed by atoms with Crippen molar-refractivity contribution in [3.63, 3.8) is 0 Å². The van der Waals surface area contributed by atoms with E-state index >= 15 is 0 Å². The van der Waals surface area contributed by atoms with Crippen LogP contribution in [0.15, 0.2) is 0 Å². The zero-order valence-electron chi connectivity index (χ0n) is 13.4. The summed E-state index contributed by atoms with van der Waals surface area (Å²) in [6.45, 7) is 12.6. The summed E-state index contributed by atoms with van der Waals surface area (Å²) in [5.74, 6) is 2.48. The molecule has 1 amide bonds. The molecule has 0 aromatic carbocycles. The van der Waals surface area contributed by atoms with Gasteiger partial charge in [-0.1, -0.05) is 27.7 Å². The van der Waals surface area contributed by atoms with E-state index in [-0.39, 0.29) is 0 Å². The predicted molar refractivity (Wildman–Crippen MR) is 80.7 cm³/mol. The molecule has 112 valence electrons. The summed E-state index contributed by atoms with van der Waals surface area (Å²) in [4.78, 5) is 14.6. The average molecular weight is 268 g/mol. The van der Waals surface area contributed by atoms with Crippen molar-refractivity contribution in [1.29, 1.82) is 0 Å². The van der Waals surface area contributed by atoms with E-state index in [0.29, 0.717) is 48.6 Å². The molecular weight excluding hydrogens is 236 g/mol. The summed E-state index contributed by atoms with van der Waals surface area (Å²) >= 11 is 0. The molecule has 4 atom stereocenters. The van der Waals surface area contributed by atoms with Crippen molar-refractivity contribution in [2.24, 2.45) is 29.4 Å². The highest BCUT2D eigenvalue weighted by molar-refractivity contribution is 5.77. The van der Waals surface area contributed by atoms with Crippen molar-refractivity contribution in [3.05, 3.63) is 0 Å². The maximum atomic E-state index is 12.5. The monoisotopic (exact) mass is 268 g/mol. The number of carbonyl (C=O) groups excluding carboxylic acids is 1. The molecule has 1 rings (SSSR count). The second kappa shape index (κ2) is 7.28. The Bertz CT molecular complexity index is 290. The fourth-order valence-electron chi connectivity index (χ4n) is 3.34. The molecule has 0 saturated carbocycles. The van der Waals surface area contributed by atoms with Crippen molar-refractivity contribution < 1.29 is 4.79 Å². The van der Waals surface area contributed by atoms with Gasteiger partial charge >= 0.3 is 0 Å². The van der Waals surface area contributed by atoms with Crippen LogP contribution < -0.4 is 5.73 Å². The highest BCUT2D eigenvalue weighted by Gasteiger charge is 2.32. The van der Waals surface area contributed by atoms with Gasteiger partial charge in [0.2, 0.25) is 5.91 Å². The first-order valence-electron chi connectivity index (χ1n) is 7.84. The summed E-state index contributed by atoms with van der Waals surface area (Å²) in [7, 11) is 0. The average Bonchev–Trinajstić information content (AvgIpc) is 2.32. The van der Waals surface area contributed by atoms with Crippen molar-refractivity contribution in [3.8, 4) is 0 Å². The highest BCUT2D eigenvalue weighted by Crippen LogP contribution is 2.28. The summed E-state index contributed by atoms with van der Waals surface area (Å²) in [5.41, 5.74) is 5.82. The summed E-state index contributed by atoms with van der Waals surface area (Å²) in [6.07, 6.45) is 2.91. The Hall–Kier alpha value is -0.570. The zero-order chi connectivity index (χ0) is 14.6. The van der Waals surface area contributed by atoms with E-state index in [1.807, 2.05) is 0 Å². The number of nitrogens with two attached hydrogens (primary N) is 1. The molecule has 1 aliphatic heterocycles. The van der Waals surface area contributed by atoms with E-state index in [0.717, 1.165) is 13.0 Å². The van der Waals surface area contributed by atoms with E-state index in [4.69, 9.17) is 5.73 Å². The number of hydrogen-bond acceptors (Lipinski definition) is 2. The Labute approximate surface area is 118 Å². The van der Waals surface area contributed by atoms with Gasteiger partial charge in [-0.2, -0.15) is 0 Å². The molecule has 1 fully saturated rings. The summed E-state index contributed by atoms with van der Waals surface area (Å²) in [6, 6.07) is 0.376. The molecule has 1 aliphatic rings. The molecule has 0 aliphatic carbocycles. The number of carbonyl (C=O) groups is 1. The van der Waals surface area contributed by atoms with Crippen LogP contribution in [0, 0.1) is 23.7 Å². The van der Waals surface area contributed by atoms with E-state index in [1.54, 1.807) is 0 Å². The Balaban J connectivity index is 2.60. The SMILES string of the molecule is CC(C)CC(CN)CC(=O)N1CC(C)CC(C)C1C. The lowest BCUT2D eigenvalue weighted by Gasteiger charge is -2.41. The smallest absolute Gasteiger partial charge is 0.223 e. The van der Waals surface area contributed by atoms with E-state index in [2.05, 4.69) is 39.5 Å². The van der Waals surface area contributed by atoms with Crippen LogP contribution in [0.25, 0.3) is 0 Å². The minimum atomic E-state index is 0.307. The minimum absolute atomic E-state index is 0.307. The van der Waals surface area contributed by atoms with Gasteiger partial charge in [0.25, 0.3) is 0 Å². The number of rotatable bonds is 5. The molecule has 3 heteroatoms. The predicted octanol–water partition coefficient (Wildman–Crippen LogP) is 2.89. The molecule has 2 N–H and O–H groups in total. The summed E-state index contributed by atoms with van der Waals surface area (Å²) < 4.78 is 0. The van der Waals surface area contributed by atoms with Gasteiger partial charge in [-0.3, -0.25) is 4.79 Å². The first-order valence-corrected chi connectivity index (χ1v) is 7.84. The lowest BCUT2D eigenvalue weighted by atomic mass is 9.85. The molecule has 1 saturated heterocycles. The van der Waals surface area contributed by atoms with Gasteiger partial charge in [-0.05, 0) is 50.0 Å². The van der Waals surface area contributed by atoms with E-state index in [1.165, 1.54) is 6.42 Å². The van der Waals surface area contributed by atoms with Gasteiger partial charge in [0, 0.05) is 19.0 Å². The Morgan fingerprint density at radius 2 is 1.95 bits per heavy atom. The topological polar surface area (TPSA) is 46.3 Å². The third kappa shape index (κ3) is 4.79. The van der Waals surface area contributed by atoms with E-state index < -0.39 is 0 Å². The molecule has 4 unspecified atom stereocenters. The van der Waals surface area contributed by atoms with Crippen LogP contribution in [0.5, 0.6) is 0 Å². The Kier molecular flexibility index (Phi) is 6.31. The second-order valence-electron chi connectivity index (χ2n) is 7.04. The van der Waals surface area contributed by atoms with Crippen molar-refractivity contribution >= 4 is 5.91 Å². The maximum absolute atomic E-state index is 12.5. The zero-order valence-corrected chi connectivity index (χ0v) is 13.4. The normalized spacial score (nSPS) is 29.6. The van der Waals surface area contributed by atoms with Crippen molar-refractivity contribution in [2.75, 3.05) is 13.1 Å². The summed E-state index contributed by atoms with van der Waals surface area (Å²) in [5, 5.41) is 0. The molecular formula is C16H32N2O. The van der Waals surface area contributed by atoms with Crippen molar-refractivity contribution in [2.45, 2.75) is 59.9 Å². The molecule has 0 bridgehead atoms. The van der Waals surface area contributed by atoms with Gasteiger partial charge in [-0.25, -0.2) is 0 Å².